The molecule has 7 heteroatoms. The van der Waals surface area contributed by atoms with E-state index in [1.54, 1.807) is 12.1 Å². The molecular formula is C24H22BrNO4S. The second-order valence-corrected chi connectivity index (χ2v) is 9.43. The minimum Gasteiger partial charge on any atom is -0.380 e. The molecule has 3 aromatic rings. The predicted octanol–water partition coefficient (Wildman–Crippen LogP) is 4.18. The molecule has 31 heavy (non-hydrogen) atoms. The van der Waals surface area contributed by atoms with Crippen molar-refractivity contribution in [3.05, 3.63) is 101 Å². The molecule has 0 bridgehead atoms. The minimum absolute atomic E-state index is 0.0444. The summed E-state index contributed by atoms with van der Waals surface area (Å²) in [6.07, 6.45) is -0.716. The number of sulfonamides is 1. The van der Waals surface area contributed by atoms with Gasteiger partial charge in [-0.05, 0) is 35.4 Å². The molecule has 0 radical (unpaired) electrons. The number of halogens is 1. The standard InChI is InChI=1S/C24H22BrNO4S/c25-22-14-16-23(17-15-22)31(28,29)26(19-27)24(30-18-21-10-5-2-6-11-21)13-7-12-20-8-3-1-4-9-20/h1-6,8-11,14-17,24,27H,12,18-19H2/t24-/m0/s1. The Kier molecular flexibility index (Phi) is 8.41. The van der Waals surface area contributed by atoms with Crippen molar-refractivity contribution >= 4 is 26.0 Å². The number of hydrogen-bond acceptors (Lipinski definition) is 4. The van der Waals surface area contributed by atoms with Gasteiger partial charge in [0.2, 0.25) is 10.0 Å². The zero-order chi connectivity index (χ0) is 22.1. The quantitative estimate of drug-likeness (QED) is 0.373. The van der Waals surface area contributed by atoms with E-state index in [0.717, 1.165) is 19.9 Å². The Labute approximate surface area is 191 Å². The maximum atomic E-state index is 13.2. The highest BCUT2D eigenvalue weighted by Gasteiger charge is 2.31. The van der Waals surface area contributed by atoms with Crippen LogP contribution in [-0.4, -0.2) is 30.8 Å². The fourth-order valence-electron chi connectivity index (χ4n) is 2.80. The molecule has 0 saturated carbocycles. The van der Waals surface area contributed by atoms with Crippen LogP contribution in [0.1, 0.15) is 11.1 Å². The third-order valence-corrected chi connectivity index (χ3v) is 6.75. The first-order chi connectivity index (χ1) is 15.0. The van der Waals surface area contributed by atoms with Gasteiger partial charge in [0.1, 0.15) is 6.73 Å². The van der Waals surface area contributed by atoms with Gasteiger partial charge >= 0.3 is 0 Å². The molecule has 3 rings (SSSR count). The predicted molar refractivity (Wildman–Crippen MR) is 123 cm³/mol. The summed E-state index contributed by atoms with van der Waals surface area (Å²) in [4.78, 5) is 0.0444. The van der Waals surface area contributed by atoms with E-state index < -0.39 is 23.0 Å². The van der Waals surface area contributed by atoms with Crippen LogP contribution in [0.25, 0.3) is 0 Å². The normalized spacial score (nSPS) is 12.2. The Morgan fingerprint density at radius 3 is 2.06 bits per heavy atom. The summed E-state index contributed by atoms with van der Waals surface area (Å²) in [7, 11) is -4.03. The van der Waals surface area contributed by atoms with Gasteiger partial charge in [-0.15, -0.1) is 4.31 Å². The number of aliphatic hydroxyl groups is 1. The van der Waals surface area contributed by atoms with Gasteiger partial charge in [0.25, 0.3) is 0 Å². The van der Waals surface area contributed by atoms with Gasteiger partial charge < -0.3 is 9.84 Å². The van der Waals surface area contributed by atoms with Crippen molar-refractivity contribution in [2.24, 2.45) is 0 Å². The maximum Gasteiger partial charge on any atom is 0.248 e. The summed E-state index contributed by atoms with van der Waals surface area (Å²) in [5.74, 6) is 5.87. The SMILES string of the molecule is O=S(=O)(c1ccc(Br)cc1)N(CO)[C@H](C#CCc1ccccc1)OCc1ccccc1. The van der Waals surface area contributed by atoms with Crippen LogP contribution < -0.4 is 0 Å². The molecular weight excluding hydrogens is 478 g/mol. The summed E-state index contributed by atoms with van der Waals surface area (Å²) in [5, 5.41) is 9.95. The molecule has 160 valence electrons. The summed E-state index contributed by atoms with van der Waals surface area (Å²) in [5.41, 5.74) is 1.87. The van der Waals surface area contributed by atoms with Crippen molar-refractivity contribution in [1.82, 2.24) is 4.31 Å². The van der Waals surface area contributed by atoms with Crippen molar-refractivity contribution in [2.45, 2.75) is 24.2 Å². The number of rotatable bonds is 8. The molecule has 0 heterocycles. The van der Waals surface area contributed by atoms with Gasteiger partial charge in [0.05, 0.1) is 11.5 Å². The Hall–Kier alpha value is -2.47. The Balaban J connectivity index is 1.87. The highest BCUT2D eigenvalue weighted by molar-refractivity contribution is 9.10. The van der Waals surface area contributed by atoms with Crippen LogP contribution in [0.2, 0.25) is 0 Å². The molecule has 1 N–H and O–H groups in total. The van der Waals surface area contributed by atoms with Crippen LogP contribution in [0, 0.1) is 11.8 Å². The van der Waals surface area contributed by atoms with Crippen molar-refractivity contribution in [3.8, 4) is 11.8 Å². The van der Waals surface area contributed by atoms with Gasteiger partial charge in [-0.1, -0.05) is 88.4 Å². The monoisotopic (exact) mass is 499 g/mol. The summed E-state index contributed by atoms with van der Waals surface area (Å²) in [6, 6.07) is 25.2. The van der Waals surface area contributed by atoms with Gasteiger partial charge in [-0.25, -0.2) is 8.42 Å². The highest BCUT2D eigenvalue weighted by Crippen LogP contribution is 2.21. The van der Waals surface area contributed by atoms with Crippen LogP contribution in [0.15, 0.2) is 94.3 Å². The summed E-state index contributed by atoms with van der Waals surface area (Å²) in [6.45, 7) is -0.615. The number of hydrogen-bond donors (Lipinski definition) is 1. The molecule has 0 unspecified atom stereocenters. The van der Waals surface area contributed by atoms with E-state index in [4.69, 9.17) is 4.74 Å². The zero-order valence-electron chi connectivity index (χ0n) is 16.7. The summed E-state index contributed by atoms with van der Waals surface area (Å²) < 4.78 is 33.8. The molecule has 0 aliphatic rings. The molecule has 0 aromatic heterocycles. The number of ether oxygens (including phenoxy) is 1. The summed E-state index contributed by atoms with van der Waals surface area (Å²) >= 11 is 3.30. The molecule has 1 atom stereocenters. The average molecular weight is 500 g/mol. The van der Waals surface area contributed by atoms with E-state index in [2.05, 4.69) is 27.8 Å². The molecule has 0 saturated heterocycles. The zero-order valence-corrected chi connectivity index (χ0v) is 19.1. The lowest BCUT2D eigenvalue weighted by Crippen LogP contribution is -2.41. The van der Waals surface area contributed by atoms with Crippen LogP contribution in [0.4, 0.5) is 0 Å². The third kappa shape index (κ3) is 6.50. The van der Waals surface area contributed by atoms with Crippen LogP contribution >= 0.6 is 15.9 Å². The molecule has 0 fully saturated rings. The number of aliphatic hydroxyl groups excluding tert-OH is 1. The molecule has 3 aromatic carbocycles. The number of benzene rings is 3. The lowest BCUT2D eigenvalue weighted by atomic mass is 10.2. The minimum atomic E-state index is -4.03. The molecule has 0 amide bonds. The van der Waals surface area contributed by atoms with E-state index >= 15 is 0 Å². The lowest BCUT2D eigenvalue weighted by molar-refractivity contribution is -0.0197. The molecule has 0 aliphatic carbocycles. The van der Waals surface area contributed by atoms with E-state index in [1.807, 2.05) is 60.7 Å². The topological polar surface area (TPSA) is 66.8 Å². The highest BCUT2D eigenvalue weighted by atomic mass is 79.9. The van der Waals surface area contributed by atoms with Crippen LogP contribution in [-0.2, 0) is 27.8 Å². The van der Waals surface area contributed by atoms with E-state index in [9.17, 15) is 13.5 Å². The van der Waals surface area contributed by atoms with Gasteiger partial charge in [-0.3, -0.25) is 0 Å². The molecule has 5 nitrogen and oxygen atoms in total. The van der Waals surface area contributed by atoms with Crippen molar-refractivity contribution in [2.75, 3.05) is 6.73 Å². The largest absolute Gasteiger partial charge is 0.380 e. The van der Waals surface area contributed by atoms with E-state index in [1.165, 1.54) is 12.1 Å². The first-order valence-corrected chi connectivity index (χ1v) is 11.8. The molecule has 0 aliphatic heterocycles. The second kappa shape index (κ2) is 11.2. The second-order valence-electron chi connectivity index (χ2n) is 6.62. The van der Waals surface area contributed by atoms with Crippen LogP contribution in [0.5, 0.6) is 0 Å². The maximum absolute atomic E-state index is 13.2. The van der Waals surface area contributed by atoms with Gasteiger partial charge in [0, 0.05) is 10.9 Å². The fourth-order valence-corrected chi connectivity index (χ4v) is 4.33. The van der Waals surface area contributed by atoms with Gasteiger partial charge in [-0.2, -0.15) is 0 Å². The Bertz CT molecular complexity index is 1120. The smallest absolute Gasteiger partial charge is 0.248 e. The number of nitrogens with zero attached hydrogens (tertiary/aromatic N) is 1. The third-order valence-electron chi connectivity index (χ3n) is 4.43. The Morgan fingerprint density at radius 1 is 0.903 bits per heavy atom. The van der Waals surface area contributed by atoms with Gasteiger partial charge in [0.15, 0.2) is 6.23 Å². The van der Waals surface area contributed by atoms with Crippen molar-refractivity contribution < 1.29 is 18.3 Å². The first kappa shape index (κ1) is 23.2. The Morgan fingerprint density at radius 2 is 1.48 bits per heavy atom. The molecule has 0 spiro atoms. The average Bonchev–Trinajstić information content (AvgIpc) is 2.79. The van der Waals surface area contributed by atoms with Crippen molar-refractivity contribution in [3.63, 3.8) is 0 Å². The first-order valence-electron chi connectivity index (χ1n) is 9.57. The van der Waals surface area contributed by atoms with Crippen molar-refractivity contribution in [1.29, 1.82) is 0 Å². The lowest BCUT2D eigenvalue weighted by Gasteiger charge is -2.25. The van der Waals surface area contributed by atoms with Crippen LogP contribution in [0.3, 0.4) is 0 Å². The van der Waals surface area contributed by atoms with E-state index in [-0.39, 0.29) is 11.5 Å². The fraction of sp³-hybridized carbons (Fsp3) is 0.167. The van der Waals surface area contributed by atoms with E-state index in [0.29, 0.717) is 6.42 Å².